The van der Waals surface area contributed by atoms with Gasteiger partial charge in [0.05, 0.1) is 6.42 Å². The van der Waals surface area contributed by atoms with E-state index in [0.29, 0.717) is 23.8 Å². The summed E-state index contributed by atoms with van der Waals surface area (Å²) in [6.45, 7) is 5.57. The Labute approximate surface area is 153 Å². The molecule has 1 amide bonds. The van der Waals surface area contributed by atoms with E-state index >= 15 is 0 Å². The number of thiophene rings is 1. The summed E-state index contributed by atoms with van der Waals surface area (Å²) in [7, 11) is -3.37. The number of carbonyl (C=O) groups excluding carboxylic acids is 1. The minimum absolute atomic E-state index is 0. The monoisotopic (exact) mass is 393 g/mol. The SMILES string of the molecule is C[C@H]1CNCCN1C(=O)Cc1ccc(S(=O)(=O)N2CCCC2)s1.Cl. The van der Waals surface area contributed by atoms with Gasteiger partial charge < -0.3 is 10.2 Å². The Morgan fingerprint density at radius 3 is 2.67 bits per heavy atom. The number of carbonyl (C=O) groups is 1. The van der Waals surface area contributed by atoms with E-state index in [-0.39, 0.29) is 30.8 Å². The normalized spacial score (nSPS) is 22.4. The number of rotatable bonds is 4. The minimum atomic E-state index is -3.37. The van der Waals surface area contributed by atoms with Gasteiger partial charge in [-0.2, -0.15) is 4.31 Å². The van der Waals surface area contributed by atoms with Gasteiger partial charge in [0.15, 0.2) is 0 Å². The first kappa shape index (κ1) is 19.7. The van der Waals surface area contributed by atoms with E-state index < -0.39 is 10.0 Å². The molecule has 0 aromatic carbocycles. The molecule has 3 heterocycles. The number of piperazine rings is 1. The predicted octanol–water partition coefficient (Wildman–Crippen LogP) is 1.32. The minimum Gasteiger partial charge on any atom is -0.337 e. The number of halogens is 1. The highest BCUT2D eigenvalue weighted by Gasteiger charge is 2.29. The van der Waals surface area contributed by atoms with Gasteiger partial charge in [0.1, 0.15) is 4.21 Å². The van der Waals surface area contributed by atoms with E-state index in [9.17, 15) is 13.2 Å². The summed E-state index contributed by atoms with van der Waals surface area (Å²) in [5.74, 6) is 0.0750. The van der Waals surface area contributed by atoms with Crippen LogP contribution in [0.5, 0.6) is 0 Å². The molecular formula is C15H24ClN3O3S2. The fourth-order valence-corrected chi connectivity index (χ4v) is 6.13. The molecule has 0 saturated carbocycles. The maximum Gasteiger partial charge on any atom is 0.252 e. The number of nitrogens with zero attached hydrogens (tertiary/aromatic N) is 2. The molecule has 0 bridgehead atoms. The van der Waals surface area contributed by atoms with Crippen LogP contribution in [0.25, 0.3) is 0 Å². The third-order valence-corrected chi connectivity index (χ3v) is 7.89. The molecule has 1 atom stereocenters. The Morgan fingerprint density at radius 2 is 2.00 bits per heavy atom. The van der Waals surface area contributed by atoms with Gasteiger partial charge in [0.2, 0.25) is 5.91 Å². The fourth-order valence-electron chi connectivity index (χ4n) is 3.11. The zero-order valence-electron chi connectivity index (χ0n) is 13.7. The molecule has 1 aromatic heterocycles. The average molecular weight is 394 g/mol. The number of amides is 1. The standard InChI is InChI=1S/C15H23N3O3S2.ClH/c1-12-11-16-6-9-18(12)14(19)10-13-4-5-15(22-13)23(20,21)17-7-2-3-8-17;/h4-5,12,16H,2-3,6-11H2,1H3;1H/t12-;/m0./s1. The second-order valence-electron chi connectivity index (χ2n) is 6.15. The molecule has 0 aliphatic carbocycles. The van der Waals surface area contributed by atoms with Crippen LogP contribution in [0.4, 0.5) is 0 Å². The lowest BCUT2D eigenvalue weighted by Gasteiger charge is -2.34. The molecule has 9 heteroatoms. The molecule has 2 aliphatic heterocycles. The summed E-state index contributed by atoms with van der Waals surface area (Å²) in [5.41, 5.74) is 0. The van der Waals surface area contributed by atoms with Crippen LogP contribution in [0.3, 0.4) is 0 Å². The van der Waals surface area contributed by atoms with Gasteiger partial charge in [-0.15, -0.1) is 23.7 Å². The lowest BCUT2D eigenvalue weighted by molar-refractivity contribution is -0.133. The van der Waals surface area contributed by atoms with Crippen LogP contribution >= 0.6 is 23.7 Å². The first-order valence-corrected chi connectivity index (χ1v) is 10.3. The van der Waals surface area contributed by atoms with Crippen LogP contribution in [-0.4, -0.2) is 62.3 Å². The molecule has 3 rings (SSSR count). The maximum atomic E-state index is 12.5. The lowest BCUT2D eigenvalue weighted by Crippen LogP contribution is -2.52. The summed E-state index contributed by atoms with van der Waals surface area (Å²) < 4.78 is 26.9. The Kier molecular flexibility index (Phi) is 6.66. The molecule has 2 fully saturated rings. The average Bonchev–Trinajstić information content (AvgIpc) is 3.19. The number of nitrogens with one attached hydrogen (secondary N) is 1. The van der Waals surface area contributed by atoms with Gasteiger partial charge in [-0.3, -0.25) is 4.79 Å². The molecule has 1 N–H and O–H groups in total. The fraction of sp³-hybridized carbons (Fsp3) is 0.667. The van der Waals surface area contributed by atoms with E-state index in [1.165, 1.54) is 11.3 Å². The molecule has 1 aromatic rings. The van der Waals surface area contributed by atoms with Gasteiger partial charge in [0.25, 0.3) is 10.0 Å². The number of sulfonamides is 1. The van der Waals surface area contributed by atoms with Crippen molar-refractivity contribution in [2.45, 2.75) is 36.4 Å². The van der Waals surface area contributed by atoms with Gasteiger partial charge in [-0.25, -0.2) is 8.42 Å². The van der Waals surface area contributed by atoms with Crippen molar-refractivity contribution in [3.05, 3.63) is 17.0 Å². The van der Waals surface area contributed by atoms with Crippen LogP contribution < -0.4 is 5.32 Å². The summed E-state index contributed by atoms with van der Waals surface area (Å²) in [4.78, 5) is 15.1. The highest BCUT2D eigenvalue weighted by molar-refractivity contribution is 7.91. The Balaban J connectivity index is 0.00000208. The van der Waals surface area contributed by atoms with Crippen molar-refractivity contribution in [1.82, 2.24) is 14.5 Å². The smallest absolute Gasteiger partial charge is 0.252 e. The first-order valence-electron chi connectivity index (χ1n) is 8.07. The molecule has 0 radical (unpaired) electrons. The summed E-state index contributed by atoms with van der Waals surface area (Å²) >= 11 is 1.23. The van der Waals surface area contributed by atoms with Crippen LogP contribution in [0.2, 0.25) is 0 Å². The predicted molar refractivity (Wildman–Crippen MR) is 97.3 cm³/mol. The highest BCUT2D eigenvalue weighted by atomic mass is 35.5. The zero-order chi connectivity index (χ0) is 16.4. The topological polar surface area (TPSA) is 69.7 Å². The zero-order valence-corrected chi connectivity index (χ0v) is 16.2. The van der Waals surface area contributed by atoms with Crippen molar-refractivity contribution in [2.75, 3.05) is 32.7 Å². The van der Waals surface area contributed by atoms with Gasteiger partial charge in [-0.05, 0) is 31.9 Å². The molecule has 136 valence electrons. The van der Waals surface area contributed by atoms with Crippen LogP contribution in [-0.2, 0) is 21.2 Å². The lowest BCUT2D eigenvalue weighted by atomic mass is 10.2. The van der Waals surface area contributed by atoms with E-state index in [4.69, 9.17) is 0 Å². The first-order chi connectivity index (χ1) is 11.0. The van der Waals surface area contributed by atoms with E-state index in [1.54, 1.807) is 16.4 Å². The molecular weight excluding hydrogens is 370 g/mol. The van der Waals surface area contributed by atoms with Crippen molar-refractivity contribution in [3.8, 4) is 0 Å². The summed E-state index contributed by atoms with van der Waals surface area (Å²) in [6, 6.07) is 3.60. The molecule has 0 unspecified atom stereocenters. The van der Waals surface area contributed by atoms with Crippen LogP contribution in [0.1, 0.15) is 24.6 Å². The van der Waals surface area contributed by atoms with Crippen molar-refractivity contribution >= 4 is 39.7 Å². The van der Waals surface area contributed by atoms with Crippen molar-refractivity contribution in [3.63, 3.8) is 0 Å². The third kappa shape index (κ3) is 4.11. The molecule has 0 spiro atoms. The number of hydrogen-bond acceptors (Lipinski definition) is 5. The van der Waals surface area contributed by atoms with E-state index in [2.05, 4.69) is 5.32 Å². The maximum absolute atomic E-state index is 12.5. The van der Waals surface area contributed by atoms with Gasteiger partial charge in [0, 0.05) is 43.6 Å². The molecule has 6 nitrogen and oxygen atoms in total. The van der Waals surface area contributed by atoms with Crippen molar-refractivity contribution < 1.29 is 13.2 Å². The largest absolute Gasteiger partial charge is 0.337 e. The van der Waals surface area contributed by atoms with Gasteiger partial charge >= 0.3 is 0 Å². The van der Waals surface area contributed by atoms with E-state index in [0.717, 1.165) is 30.8 Å². The number of hydrogen-bond donors (Lipinski definition) is 1. The molecule has 24 heavy (non-hydrogen) atoms. The summed E-state index contributed by atoms with van der Waals surface area (Å²) in [5, 5.41) is 3.26. The Bertz CT molecular complexity index is 671. The summed E-state index contributed by atoms with van der Waals surface area (Å²) in [6.07, 6.45) is 2.14. The second kappa shape index (κ2) is 8.14. The van der Waals surface area contributed by atoms with Crippen LogP contribution in [0.15, 0.2) is 16.3 Å². The Hall–Kier alpha value is -0.670. The quantitative estimate of drug-likeness (QED) is 0.837. The van der Waals surface area contributed by atoms with Crippen molar-refractivity contribution in [2.24, 2.45) is 0 Å². The second-order valence-corrected chi connectivity index (χ2v) is 9.48. The van der Waals surface area contributed by atoms with E-state index in [1.807, 2.05) is 11.8 Å². The highest BCUT2D eigenvalue weighted by Crippen LogP contribution is 2.28. The van der Waals surface area contributed by atoms with Crippen LogP contribution in [0, 0.1) is 0 Å². The molecule has 2 aliphatic rings. The third-order valence-electron chi connectivity index (χ3n) is 4.44. The molecule has 2 saturated heterocycles. The van der Waals surface area contributed by atoms with Crippen molar-refractivity contribution in [1.29, 1.82) is 0 Å². The van der Waals surface area contributed by atoms with Gasteiger partial charge in [-0.1, -0.05) is 0 Å². The Morgan fingerprint density at radius 1 is 1.29 bits per heavy atom.